The van der Waals surface area contributed by atoms with E-state index in [0.717, 1.165) is 16.6 Å². The molecule has 4 heteroatoms. The number of hydrogen-bond acceptors (Lipinski definition) is 2. The van der Waals surface area contributed by atoms with E-state index in [1.165, 1.54) is 5.69 Å². The third kappa shape index (κ3) is 3.03. The van der Waals surface area contributed by atoms with Crippen LogP contribution in [0.25, 0.3) is 10.9 Å². The molecule has 2 aromatic heterocycles. The first kappa shape index (κ1) is 14.0. The maximum atomic E-state index is 6.30. The Hall–Kier alpha value is -2.00. The number of nitrogens with one attached hydrogen (secondary N) is 1. The summed E-state index contributed by atoms with van der Waals surface area (Å²) in [4.78, 5) is 7.64. The Morgan fingerprint density at radius 2 is 2.10 bits per heavy atom. The van der Waals surface area contributed by atoms with Gasteiger partial charge in [-0.05, 0) is 30.2 Å². The fourth-order valence-electron chi connectivity index (χ4n) is 2.21. The fraction of sp³-hybridized carbons (Fsp3) is 0.235. The SMILES string of the molecule is CC(C)c1cc2cc(Cl)c(OCc3ccccn3)cc2[nH]1. The molecular formula is C17H17ClN2O. The summed E-state index contributed by atoms with van der Waals surface area (Å²) in [6.45, 7) is 4.72. The normalized spacial score (nSPS) is 11.2. The van der Waals surface area contributed by atoms with Crippen molar-refractivity contribution in [2.75, 3.05) is 0 Å². The zero-order valence-corrected chi connectivity index (χ0v) is 12.8. The molecule has 0 saturated carbocycles. The van der Waals surface area contributed by atoms with Gasteiger partial charge in [0.1, 0.15) is 12.4 Å². The van der Waals surface area contributed by atoms with Gasteiger partial charge in [-0.1, -0.05) is 31.5 Å². The number of ether oxygens (including phenoxy) is 1. The minimum Gasteiger partial charge on any atom is -0.486 e. The lowest BCUT2D eigenvalue weighted by Gasteiger charge is -2.07. The summed E-state index contributed by atoms with van der Waals surface area (Å²) in [5.41, 5.74) is 3.12. The van der Waals surface area contributed by atoms with Crippen molar-refractivity contribution in [1.29, 1.82) is 0 Å². The van der Waals surface area contributed by atoms with Crippen molar-refractivity contribution in [3.05, 3.63) is 59.0 Å². The standard InChI is InChI=1S/C17H17ClN2O/c1-11(2)15-8-12-7-14(18)17(9-16(12)20-15)21-10-13-5-3-4-6-19-13/h3-9,11,20H,10H2,1-2H3. The molecular weight excluding hydrogens is 284 g/mol. The molecule has 0 saturated heterocycles. The number of rotatable bonds is 4. The maximum Gasteiger partial charge on any atom is 0.140 e. The molecule has 0 aliphatic heterocycles. The van der Waals surface area contributed by atoms with Gasteiger partial charge in [0.2, 0.25) is 0 Å². The molecule has 1 aromatic carbocycles. The van der Waals surface area contributed by atoms with Crippen LogP contribution in [0.1, 0.15) is 31.2 Å². The van der Waals surface area contributed by atoms with E-state index in [1.54, 1.807) is 6.20 Å². The lowest BCUT2D eigenvalue weighted by Crippen LogP contribution is -1.97. The van der Waals surface area contributed by atoms with E-state index in [1.807, 2.05) is 30.3 Å². The second-order valence-electron chi connectivity index (χ2n) is 5.36. The summed E-state index contributed by atoms with van der Waals surface area (Å²) in [5.74, 6) is 1.13. The van der Waals surface area contributed by atoms with Crippen molar-refractivity contribution < 1.29 is 4.74 Å². The van der Waals surface area contributed by atoms with Crippen LogP contribution in [0.15, 0.2) is 42.6 Å². The van der Waals surface area contributed by atoms with Gasteiger partial charge in [0.15, 0.2) is 0 Å². The van der Waals surface area contributed by atoms with Crippen LogP contribution in [-0.4, -0.2) is 9.97 Å². The van der Waals surface area contributed by atoms with Crippen LogP contribution in [0.5, 0.6) is 5.75 Å². The summed E-state index contributed by atoms with van der Waals surface area (Å²) in [6.07, 6.45) is 1.75. The molecule has 0 atom stereocenters. The quantitative estimate of drug-likeness (QED) is 0.742. The van der Waals surface area contributed by atoms with Crippen molar-refractivity contribution in [1.82, 2.24) is 9.97 Å². The lowest BCUT2D eigenvalue weighted by molar-refractivity contribution is 0.302. The minimum absolute atomic E-state index is 0.407. The molecule has 3 nitrogen and oxygen atoms in total. The predicted octanol–water partition coefficient (Wildman–Crippen LogP) is 4.92. The van der Waals surface area contributed by atoms with E-state index >= 15 is 0 Å². The summed E-state index contributed by atoms with van der Waals surface area (Å²) < 4.78 is 5.79. The average molecular weight is 301 g/mol. The highest BCUT2D eigenvalue weighted by atomic mass is 35.5. The molecule has 0 amide bonds. The first-order valence-corrected chi connectivity index (χ1v) is 7.36. The zero-order chi connectivity index (χ0) is 14.8. The minimum atomic E-state index is 0.407. The van der Waals surface area contributed by atoms with Crippen molar-refractivity contribution in [2.45, 2.75) is 26.4 Å². The highest BCUT2D eigenvalue weighted by molar-refractivity contribution is 6.32. The van der Waals surface area contributed by atoms with E-state index in [9.17, 15) is 0 Å². The van der Waals surface area contributed by atoms with E-state index in [2.05, 4.69) is 29.9 Å². The van der Waals surface area contributed by atoms with Gasteiger partial charge in [0.25, 0.3) is 0 Å². The Balaban J connectivity index is 1.86. The van der Waals surface area contributed by atoms with Crippen LogP contribution < -0.4 is 4.74 Å². The first-order valence-electron chi connectivity index (χ1n) is 6.98. The summed E-state index contributed by atoms with van der Waals surface area (Å²) in [5, 5.41) is 1.72. The summed E-state index contributed by atoms with van der Waals surface area (Å²) >= 11 is 6.30. The van der Waals surface area contributed by atoms with Gasteiger partial charge in [-0.2, -0.15) is 0 Å². The molecule has 0 aliphatic rings. The zero-order valence-electron chi connectivity index (χ0n) is 12.1. The Kier molecular flexibility index (Phi) is 3.84. The molecule has 1 N–H and O–H groups in total. The highest BCUT2D eigenvalue weighted by Crippen LogP contribution is 2.32. The van der Waals surface area contributed by atoms with Gasteiger partial charge in [0, 0.05) is 28.9 Å². The van der Waals surface area contributed by atoms with Gasteiger partial charge in [-0.3, -0.25) is 4.98 Å². The van der Waals surface area contributed by atoms with Crippen LogP contribution in [0, 0.1) is 0 Å². The Bertz CT molecular complexity index is 750. The highest BCUT2D eigenvalue weighted by Gasteiger charge is 2.09. The number of nitrogens with zero attached hydrogens (tertiary/aromatic N) is 1. The molecule has 0 unspecified atom stereocenters. The number of pyridine rings is 1. The second kappa shape index (κ2) is 5.78. The third-order valence-corrected chi connectivity index (χ3v) is 3.71. The summed E-state index contributed by atoms with van der Waals surface area (Å²) in [6, 6.07) is 11.8. The van der Waals surface area contributed by atoms with E-state index in [4.69, 9.17) is 16.3 Å². The number of benzene rings is 1. The average Bonchev–Trinajstić information content (AvgIpc) is 2.89. The van der Waals surface area contributed by atoms with Gasteiger partial charge in [-0.25, -0.2) is 0 Å². The van der Waals surface area contributed by atoms with Crippen molar-refractivity contribution in [2.24, 2.45) is 0 Å². The van der Waals surface area contributed by atoms with Crippen LogP contribution in [0.2, 0.25) is 5.02 Å². The summed E-state index contributed by atoms with van der Waals surface area (Å²) in [7, 11) is 0. The maximum absolute atomic E-state index is 6.30. The van der Waals surface area contributed by atoms with E-state index < -0.39 is 0 Å². The van der Waals surface area contributed by atoms with Gasteiger partial charge in [-0.15, -0.1) is 0 Å². The third-order valence-electron chi connectivity index (χ3n) is 3.42. The Morgan fingerprint density at radius 3 is 2.81 bits per heavy atom. The molecule has 21 heavy (non-hydrogen) atoms. The van der Waals surface area contributed by atoms with Crippen molar-refractivity contribution in [3.8, 4) is 5.75 Å². The monoisotopic (exact) mass is 300 g/mol. The van der Waals surface area contributed by atoms with Gasteiger partial charge in [0.05, 0.1) is 10.7 Å². The molecule has 2 heterocycles. The van der Waals surface area contributed by atoms with Crippen LogP contribution in [-0.2, 0) is 6.61 Å². The Labute approximate surface area is 128 Å². The van der Waals surface area contributed by atoms with Crippen LogP contribution >= 0.6 is 11.6 Å². The topological polar surface area (TPSA) is 37.9 Å². The van der Waals surface area contributed by atoms with Crippen LogP contribution in [0.4, 0.5) is 0 Å². The first-order chi connectivity index (χ1) is 10.1. The van der Waals surface area contributed by atoms with Gasteiger partial charge < -0.3 is 9.72 Å². The molecule has 3 rings (SSSR count). The fourth-order valence-corrected chi connectivity index (χ4v) is 2.44. The largest absolute Gasteiger partial charge is 0.486 e. The molecule has 0 spiro atoms. The number of aromatic nitrogens is 2. The molecule has 0 aliphatic carbocycles. The molecule has 3 aromatic rings. The van der Waals surface area contributed by atoms with Crippen molar-refractivity contribution >= 4 is 22.5 Å². The van der Waals surface area contributed by atoms with E-state index in [0.29, 0.717) is 23.3 Å². The number of fused-ring (bicyclic) bond motifs is 1. The number of H-pyrrole nitrogens is 1. The number of hydrogen-bond donors (Lipinski definition) is 1. The second-order valence-corrected chi connectivity index (χ2v) is 5.77. The molecule has 0 bridgehead atoms. The lowest BCUT2D eigenvalue weighted by atomic mass is 10.1. The molecule has 0 radical (unpaired) electrons. The molecule has 108 valence electrons. The van der Waals surface area contributed by atoms with Crippen molar-refractivity contribution in [3.63, 3.8) is 0 Å². The number of halogens is 1. The van der Waals surface area contributed by atoms with E-state index in [-0.39, 0.29) is 0 Å². The van der Waals surface area contributed by atoms with Gasteiger partial charge >= 0.3 is 0 Å². The Morgan fingerprint density at radius 1 is 1.24 bits per heavy atom. The smallest absolute Gasteiger partial charge is 0.140 e. The molecule has 0 fully saturated rings. The van der Waals surface area contributed by atoms with Crippen LogP contribution in [0.3, 0.4) is 0 Å². The predicted molar refractivity (Wildman–Crippen MR) is 86.0 cm³/mol. The number of aromatic amines is 1.